The van der Waals surface area contributed by atoms with Gasteiger partial charge >= 0.3 is 0 Å². The van der Waals surface area contributed by atoms with Gasteiger partial charge in [-0.1, -0.05) is 17.7 Å². The molecule has 1 aromatic heterocycles. The smallest absolute Gasteiger partial charge is 0.0905 e. The average Bonchev–Trinajstić information content (AvgIpc) is 2.36. The van der Waals surface area contributed by atoms with Crippen LogP contribution in [0.1, 0.15) is 31.4 Å². The third-order valence-corrected chi connectivity index (χ3v) is 3.84. The highest BCUT2D eigenvalue weighted by atomic mass is 16.5. The Morgan fingerprint density at radius 1 is 1.44 bits per heavy atom. The van der Waals surface area contributed by atoms with Crippen LogP contribution in [0.3, 0.4) is 0 Å². The fourth-order valence-corrected chi connectivity index (χ4v) is 2.87. The van der Waals surface area contributed by atoms with E-state index in [0.29, 0.717) is 5.92 Å². The molecule has 0 radical (unpaired) electrons. The second kappa shape index (κ2) is 4.02. The first-order chi connectivity index (χ1) is 7.84. The normalized spacial score (nSPS) is 33.3. The fraction of sp³-hybridized carbons (Fsp3) is 0.500. The van der Waals surface area contributed by atoms with Crippen molar-refractivity contribution in [3.05, 3.63) is 41.7 Å². The SMILES string of the molecule is CC1=CC[C@H]2COC(c3cccnc3)[C@@H]1C2. The van der Waals surface area contributed by atoms with E-state index in [-0.39, 0.29) is 6.10 Å². The Bertz CT molecular complexity index is 398. The lowest BCUT2D eigenvalue weighted by molar-refractivity contribution is -0.0514. The van der Waals surface area contributed by atoms with Crippen LogP contribution >= 0.6 is 0 Å². The highest BCUT2D eigenvalue weighted by molar-refractivity contribution is 5.21. The summed E-state index contributed by atoms with van der Waals surface area (Å²) in [5, 5.41) is 0. The molecule has 0 saturated carbocycles. The second-order valence-corrected chi connectivity index (χ2v) is 4.93. The predicted octanol–water partition coefficient (Wildman–Crippen LogP) is 3.13. The Kier molecular flexibility index (Phi) is 2.52. The summed E-state index contributed by atoms with van der Waals surface area (Å²) < 4.78 is 6.02. The monoisotopic (exact) mass is 215 g/mol. The highest BCUT2D eigenvalue weighted by Gasteiger charge is 2.35. The Morgan fingerprint density at radius 3 is 3.19 bits per heavy atom. The first kappa shape index (κ1) is 10.0. The number of nitrogens with zero attached hydrogens (tertiary/aromatic N) is 1. The summed E-state index contributed by atoms with van der Waals surface area (Å²) in [6.07, 6.45) is 8.85. The first-order valence-electron chi connectivity index (χ1n) is 6.03. The van der Waals surface area contributed by atoms with Gasteiger partial charge in [-0.3, -0.25) is 4.98 Å². The third-order valence-electron chi connectivity index (χ3n) is 3.84. The topological polar surface area (TPSA) is 22.1 Å². The molecule has 1 aliphatic carbocycles. The maximum Gasteiger partial charge on any atom is 0.0905 e. The van der Waals surface area contributed by atoms with Gasteiger partial charge in [0.05, 0.1) is 12.7 Å². The zero-order valence-corrected chi connectivity index (χ0v) is 9.60. The third kappa shape index (κ3) is 1.67. The minimum Gasteiger partial charge on any atom is -0.373 e. The Morgan fingerprint density at radius 2 is 2.38 bits per heavy atom. The molecule has 1 aliphatic heterocycles. The van der Waals surface area contributed by atoms with Crippen molar-refractivity contribution < 1.29 is 4.74 Å². The van der Waals surface area contributed by atoms with Gasteiger partial charge < -0.3 is 4.74 Å². The van der Waals surface area contributed by atoms with Gasteiger partial charge in [0, 0.05) is 18.3 Å². The van der Waals surface area contributed by atoms with Crippen LogP contribution in [-0.4, -0.2) is 11.6 Å². The predicted molar refractivity (Wildman–Crippen MR) is 62.9 cm³/mol. The maximum atomic E-state index is 6.02. The van der Waals surface area contributed by atoms with Gasteiger partial charge in [-0.2, -0.15) is 0 Å². The van der Waals surface area contributed by atoms with Crippen molar-refractivity contribution in [3.8, 4) is 0 Å². The second-order valence-electron chi connectivity index (χ2n) is 4.93. The summed E-state index contributed by atoms with van der Waals surface area (Å²) in [5.41, 5.74) is 2.71. The van der Waals surface area contributed by atoms with Gasteiger partial charge in [-0.25, -0.2) is 0 Å². The number of pyridine rings is 1. The number of rotatable bonds is 1. The summed E-state index contributed by atoms with van der Waals surface area (Å²) in [6, 6.07) is 4.12. The van der Waals surface area contributed by atoms with E-state index in [2.05, 4.69) is 24.1 Å². The molecule has 2 aliphatic rings. The number of hydrogen-bond acceptors (Lipinski definition) is 2. The van der Waals surface area contributed by atoms with Gasteiger partial charge in [-0.05, 0) is 37.3 Å². The molecule has 84 valence electrons. The molecule has 3 rings (SSSR count). The Hall–Kier alpha value is -1.15. The summed E-state index contributed by atoms with van der Waals surface area (Å²) in [5.74, 6) is 1.30. The van der Waals surface area contributed by atoms with Gasteiger partial charge in [0.1, 0.15) is 0 Å². The van der Waals surface area contributed by atoms with Gasteiger partial charge in [0.2, 0.25) is 0 Å². The molecule has 2 heterocycles. The van der Waals surface area contributed by atoms with Gasteiger partial charge in [-0.15, -0.1) is 0 Å². The molecule has 0 N–H and O–H groups in total. The van der Waals surface area contributed by atoms with Crippen LogP contribution in [0.4, 0.5) is 0 Å². The largest absolute Gasteiger partial charge is 0.373 e. The zero-order chi connectivity index (χ0) is 11.0. The summed E-state index contributed by atoms with van der Waals surface area (Å²) in [7, 11) is 0. The van der Waals surface area contributed by atoms with Crippen LogP contribution in [0.5, 0.6) is 0 Å². The number of allylic oxidation sites excluding steroid dienone is 1. The highest BCUT2D eigenvalue weighted by Crippen LogP contribution is 2.43. The fourth-order valence-electron chi connectivity index (χ4n) is 2.87. The van der Waals surface area contributed by atoms with E-state index < -0.39 is 0 Å². The number of fused-ring (bicyclic) bond motifs is 2. The summed E-state index contributed by atoms with van der Waals surface area (Å²) in [4.78, 5) is 4.19. The molecule has 1 aromatic rings. The van der Waals surface area contributed by atoms with Crippen molar-refractivity contribution in [2.45, 2.75) is 25.9 Å². The van der Waals surface area contributed by atoms with Crippen LogP contribution in [0.25, 0.3) is 0 Å². The van der Waals surface area contributed by atoms with E-state index in [1.165, 1.54) is 24.0 Å². The van der Waals surface area contributed by atoms with Crippen molar-refractivity contribution in [1.29, 1.82) is 0 Å². The van der Waals surface area contributed by atoms with E-state index in [4.69, 9.17) is 4.74 Å². The Balaban J connectivity index is 1.91. The molecule has 16 heavy (non-hydrogen) atoms. The molecule has 0 amide bonds. The average molecular weight is 215 g/mol. The van der Waals surface area contributed by atoms with Crippen molar-refractivity contribution >= 4 is 0 Å². The first-order valence-corrected chi connectivity index (χ1v) is 6.03. The molecule has 1 fully saturated rings. The number of ether oxygens (including phenoxy) is 1. The van der Waals surface area contributed by atoms with Crippen LogP contribution in [0.2, 0.25) is 0 Å². The lowest BCUT2D eigenvalue weighted by atomic mass is 9.75. The van der Waals surface area contributed by atoms with E-state index in [0.717, 1.165) is 12.5 Å². The van der Waals surface area contributed by atoms with Gasteiger partial charge in [0.25, 0.3) is 0 Å². The number of hydrogen-bond donors (Lipinski definition) is 0. The Labute approximate surface area is 96.3 Å². The van der Waals surface area contributed by atoms with Crippen molar-refractivity contribution in [3.63, 3.8) is 0 Å². The molecule has 2 heteroatoms. The lowest BCUT2D eigenvalue weighted by Gasteiger charge is -2.39. The molecule has 2 bridgehead atoms. The van der Waals surface area contributed by atoms with Crippen molar-refractivity contribution in [2.24, 2.45) is 11.8 Å². The summed E-state index contributed by atoms with van der Waals surface area (Å²) in [6.45, 7) is 3.14. The van der Waals surface area contributed by atoms with E-state index in [1.54, 1.807) is 0 Å². The van der Waals surface area contributed by atoms with Gasteiger partial charge in [0.15, 0.2) is 0 Å². The summed E-state index contributed by atoms with van der Waals surface area (Å²) >= 11 is 0. The van der Waals surface area contributed by atoms with Crippen LogP contribution < -0.4 is 0 Å². The molecular weight excluding hydrogens is 198 g/mol. The van der Waals surface area contributed by atoms with Crippen LogP contribution in [0.15, 0.2) is 36.2 Å². The minimum absolute atomic E-state index is 0.224. The number of aromatic nitrogens is 1. The molecule has 1 unspecified atom stereocenters. The minimum atomic E-state index is 0.224. The van der Waals surface area contributed by atoms with E-state index in [1.807, 2.05) is 18.5 Å². The standard InChI is InChI=1S/C14H17NO/c1-10-4-5-11-7-13(10)14(16-9-11)12-3-2-6-15-8-12/h2-4,6,8,11,13-14H,5,7,9H2,1H3/t11-,13-,14?/m1/s1. The molecule has 3 atom stereocenters. The van der Waals surface area contributed by atoms with E-state index in [9.17, 15) is 0 Å². The zero-order valence-electron chi connectivity index (χ0n) is 9.60. The quantitative estimate of drug-likeness (QED) is 0.671. The van der Waals surface area contributed by atoms with Crippen LogP contribution in [0, 0.1) is 11.8 Å². The van der Waals surface area contributed by atoms with Crippen molar-refractivity contribution in [2.75, 3.05) is 6.61 Å². The van der Waals surface area contributed by atoms with Crippen molar-refractivity contribution in [1.82, 2.24) is 4.98 Å². The lowest BCUT2D eigenvalue weighted by Crippen LogP contribution is -2.32. The molecular formula is C14H17NO. The van der Waals surface area contributed by atoms with Crippen LogP contribution in [-0.2, 0) is 4.74 Å². The molecule has 0 spiro atoms. The molecule has 0 aromatic carbocycles. The van der Waals surface area contributed by atoms with E-state index >= 15 is 0 Å². The maximum absolute atomic E-state index is 6.02. The molecule has 2 nitrogen and oxygen atoms in total. The molecule has 1 saturated heterocycles.